The molecule has 0 amide bonds. The van der Waals surface area contributed by atoms with Crippen molar-refractivity contribution in [3.63, 3.8) is 0 Å². The molecule has 0 atom stereocenters. The van der Waals surface area contributed by atoms with Crippen LogP contribution in [0.1, 0.15) is 273 Å². The van der Waals surface area contributed by atoms with Gasteiger partial charge in [0.2, 0.25) is 0 Å². The van der Waals surface area contributed by atoms with Gasteiger partial charge in [-0.2, -0.15) is 0 Å². The van der Waals surface area contributed by atoms with E-state index in [9.17, 15) is 0 Å². The quantitative estimate of drug-likeness (QED) is 0.0597. The molecule has 0 bridgehead atoms. The third-order valence-corrected chi connectivity index (χ3v) is 11.3. The minimum atomic E-state index is -6.17. The summed E-state index contributed by atoms with van der Waals surface area (Å²) < 4.78 is 34.6. The Labute approximate surface area is 351 Å². The first-order valence-corrected chi connectivity index (χ1v) is 29.8. The Morgan fingerprint density at radius 1 is 0.255 bits per heavy atom. The standard InChI is InChI=1S/2C24H51N.4O.W/c2*1-4-7-10-13-16-19-22-25(23-20-17-14-11-8-5-2)24-21-18-15-12-9-6-3;;;;;/h2*4-24H2,1-3H3;;;;;/q;;;;2*-1;/p+2. The van der Waals surface area contributed by atoms with Crippen LogP contribution in [-0.4, -0.2) is 39.3 Å². The Balaban J connectivity index is -0.000000874. The van der Waals surface area contributed by atoms with Gasteiger partial charge >= 0.3 is 31.1 Å². The van der Waals surface area contributed by atoms with Gasteiger partial charge in [0.15, 0.2) is 0 Å². The molecule has 0 aromatic rings. The first kappa shape index (κ1) is 59.4. The fourth-order valence-electron chi connectivity index (χ4n) is 7.68. The van der Waals surface area contributed by atoms with Crippen LogP contribution in [0.2, 0.25) is 0 Å². The van der Waals surface area contributed by atoms with Crippen LogP contribution in [-0.2, 0) is 23.5 Å². The van der Waals surface area contributed by atoms with Crippen LogP contribution < -0.4 is 17.3 Å². The molecule has 2 N–H and O–H groups in total. The molecule has 6 nitrogen and oxygen atoms in total. The normalized spacial score (nSPS) is 11.5. The van der Waals surface area contributed by atoms with Gasteiger partial charge in [-0.15, -0.1) is 0 Å². The van der Waals surface area contributed by atoms with Crippen molar-refractivity contribution >= 4 is 0 Å². The van der Waals surface area contributed by atoms with Crippen molar-refractivity contribution < 1.29 is 40.9 Å². The topological polar surface area (TPSA) is 89.1 Å². The molecule has 0 unspecified atom stereocenters. The monoisotopic (exact) mass is 957 g/mol. The van der Waals surface area contributed by atoms with Gasteiger partial charge in [0.25, 0.3) is 0 Å². The van der Waals surface area contributed by atoms with Crippen molar-refractivity contribution in [3.05, 3.63) is 0 Å². The van der Waals surface area contributed by atoms with Crippen LogP contribution >= 0.6 is 0 Å². The average molecular weight is 957 g/mol. The molecule has 0 radical (unpaired) electrons. The molecule has 55 heavy (non-hydrogen) atoms. The number of hydrogen-bond donors (Lipinski definition) is 2. The summed E-state index contributed by atoms with van der Waals surface area (Å²) in [5, 5.41) is 0. The third kappa shape index (κ3) is 63.5. The maximum absolute atomic E-state index is 8.65. The fraction of sp³-hybridized carbons (Fsp3) is 1.00. The van der Waals surface area contributed by atoms with E-state index in [0.29, 0.717) is 0 Å². The van der Waals surface area contributed by atoms with Crippen molar-refractivity contribution in [1.82, 2.24) is 0 Å². The summed E-state index contributed by atoms with van der Waals surface area (Å²) in [5.74, 6) is 0. The van der Waals surface area contributed by atoms with Gasteiger partial charge in [0, 0.05) is 0 Å². The molecule has 0 aromatic carbocycles. The van der Waals surface area contributed by atoms with E-state index < -0.39 is 16.7 Å². The molecule has 0 fully saturated rings. The predicted octanol–water partition coefficient (Wildman–Crippen LogP) is 11.3. The van der Waals surface area contributed by atoms with Crippen LogP contribution in [0.15, 0.2) is 0 Å². The number of quaternary nitrogens is 2. The molecule has 0 aliphatic carbocycles. The Kier molecular flexibility index (Phi) is 56.4. The molecule has 336 valence electrons. The summed E-state index contributed by atoms with van der Waals surface area (Å²) in [6.45, 7) is 22.5. The summed E-state index contributed by atoms with van der Waals surface area (Å²) in [6, 6.07) is 0. The third-order valence-electron chi connectivity index (χ3n) is 11.3. The zero-order valence-electron chi connectivity index (χ0n) is 38.7. The minimum absolute atomic E-state index is 1.37. The summed E-state index contributed by atoms with van der Waals surface area (Å²) >= 11 is -6.17. The summed E-state index contributed by atoms with van der Waals surface area (Å²) in [5.41, 5.74) is 0. The zero-order chi connectivity index (χ0) is 41.4. The van der Waals surface area contributed by atoms with Gasteiger partial charge in [0.05, 0.1) is 39.3 Å². The van der Waals surface area contributed by atoms with Crippen molar-refractivity contribution in [3.8, 4) is 0 Å². The van der Waals surface area contributed by atoms with E-state index in [1.165, 1.54) is 270 Å². The molecular weight excluding hydrogens is 852 g/mol. The van der Waals surface area contributed by atoms with Gasteiger partial charge in [-0.05, 0) is 77.0 Å². The van der Waals surface area contributed by atoms with Crippen molar-refractivity contribution in [2.24, 2.45) is 0 Å². The maximum atomic E-state index is 8.65. The summed E-state index contributed by atoms with van der Waals surface area (Å²) in [7, 11) is 0. The number of unbranched alkanes of at least 4 members (excludes halogenated alkanes) is 30. The molecule has 0 aliphatic heterocycles. The molecule has 0 aliphatic rings. The first-order chi connectivity index (χ1) is 26.7. The number of rotatable bonds is 42. The molecule has 0 heterocycles. The SMILES string of the molecule is CCCCCCCC[NH+](CCCCCCCC)CCCCCCCC.CCCCCCCC[NH+](CCCCCCCC)CCCCCCCC.[O]=[W](=[O])([O-])[O-]. The van der Waals surface area contributed by atoms with Gasteiger partial charge in [-0.1, -0.05) is 196 Å². The fourth-order valence-corrected chi connectivity index (χ4v) is 7.68. The van der Waals surface area contributed by atoms with E-state index in [1.807, 2.05) is 9.80 Å². The van der Waals surface area contributed by atoms with E-state index >= 15 is 0 Å². The second kappa shape index (κ2) is 52.1. The van der Waals surface area contributed by atoms with Crippen LogP contribution in [0.3, 0.4) is 0 Å². The molecule has 7 heteroatoms. The summed E-state index contributed by atoms with van der Waals surface area (Å²) in [4.78, 5) is 3.84. The second-order valence-corrected chi connectivity index (χ2v) is 19.9. The molecule has 0 aromatic heterocycles. The van der Waals surface area contributed by atoms with Gasteiger partial charge in [-0.25, -0.2) is 0 Å². The first-order valence-electron chi connectivity index (χ1n) is 25.0. The molecule has 0 spiro atoms. The Hall–Kier alpha value is 0.128. The van der Waals surface area contributed by atoms with E-state index in [2.05, 4.69) is 41.5 Å². The molecule has 0 saturated carbocycles. The molecular formula is C48H104N2O4W. The number of hydrogen-bond acceptors (Lipinski definition) is 4. The van der Waals surface area contributed by atoms with Crippen LogP contribution in [0.5, 0.6) is 0 Å². The molecule has 0 rings (SSSR count). The van der Waals surface area contributed by atoms with Crippen molar-refractivity contribution in [2.75, 3.05) is 39.3 Å². The van der Waals surface area contributed by atoms with Gasteiger partial charge < -0.3 is 9.80 Å². The Morgan fingerprint density at radius 3 is 0.491 bits per heavy atom. The van der Waals surface area contributed by atoms with Crippen LogP contribution in [0.25, 0.3) is 0 Å². The van der Waals surface area contributed by atoms with Gasteiger partial charge in [-0.3, -0.25) is 0 Å². The van der Waals surface area contributed by atoms with Crippen molar-refractivity contribution in [2.45, 2.75) is 273 Å². The molecule has 0 saturated heterocycles. The van der Waals surface area contributed by atoms with E-state index in [0.717, 1.165) is 0 Å². The van der Waals surface area contributed by atoms with Crippen LogP contribution in [0.4, 0.5) is 0 Å². The zero-order valence-corrected chi connectivity index (χ0v) is 41.7. The van der Waals surface area contributed by atoms with Gasteiger partial charge in [0.1, 0.15) is 0 Å². The van der Waals surface area contributed by atoms with Crippen molar-refractivity contribution in [1.29, 1.82) is 0 Å². The summed E-state index contributed by atoms with van der Waals surface area (Å²) in [6.07, 6.45) is 52.0. The number of nitrogens with one attached hydrogen (secondary N) is 2. The van der Waals surface area contributed by atoms with E-state index in [4.69, 9.17) is 14.3 Å². The second-order valence-electron chi connectivity index (χ2n) is 17.0. The Morgan fingerprint density at radius 2 is 0.364 bits per heavy atom. The van der Waals surface area contributed by atoms with Crippen LogP contribution in [0, 0.1) is 0 Å². The average Bonchev–Trinajstić information content (AvgIpc) is 3.15. The van der Waals surface area contributed by atoms with E-state index in [1.54, 1.807) is 0 Å². The van der Waals surface area contributed by atoms with E-state index in [-0.39, 0.29) is 0 Å². The predicted molar refractivity (Wildman–Crippen MR) is 233 cm³/mol. The Bertz CT molecular complexity index is 635.